The summed E-state index contributed by atoms with van der Waals surface area (Å²) in [5, 5.41) is 10.7. The number of nitrogens with zero attached hydrogens (tertiary/aromatic N) is 3. The first-order valence-corrected chi connectivity index (χ1v) is 3.98. The average molecular weight is 206 g/mol. The van der Waals surface area contributed by atoms with Gasteiger partial charge in [-0.25, -0.2) is 9.97 Å². The van der Waals surface area contributed by atoms with Crippen molar-refractivity contribution in [3.8, 4) is 11.3 Å². The van der Waals surface area contributed by atoms with Crippen LogP contribution in [0.25, 0.3) is 11.3 Å². The van der Waals surface area contributed by atoms with Gasteiger partial charge in [0, 0.05) is 5.56 Å². The Morgan fingerprint density at radius 2 is 2.33 bits per heavy atom. The smallest absolute Gasteiger partial charge is 0.313 e. The first-order valence-electron chi connectivity index (χ1n) is 3.98. The molecule has 0 aliphatic carbocycles. The summed E-state index contributed by atoms with van der Waals surface area (Å²) in [6, 6.07) is 1.56. The fraction of sp³-hybridized carbons (Fsp3) is 0. The molecule has 2 aromatic rings. The Hall–Kier alpha value is -2.44. The second kappa shape index (κ2) is 3.37. The number of aromatic nitrogens is 2. The van der Waals surface area contributed by atoms with E-state index in [4.69, 9.17) is 10.2 Å². The second-order valence-corrected chi connectivity index (χ2v) is 2.73. The minimum atomic E-state index is -0.568. The van der Waals surface area contributed by atoms with Crippen LogP contribution in [-0.2, 0) is 0 Å². The summed E-state index contributed by atoms with van der Waals surface area (Å²) in [5.74, 6) is -0.0169. The highest BCUT2D eigenvalue weighted by Crippen LogP contribution is 2.27. The van der Waals surface area contributed by atoms with Gasteiger partial charge >= 0.3 is 5.69 Å². The molecule has 0 amide bonds. The maximum Gasteiger partial charge on any atom is 0.313 e. The van der Waals surface area contributed by atoms with Gasteiger partial charge in [-0.2, -0.15) is 0 Å². The van der Waals surface area contributed by atoms with Crippen molar-refractivity contribution < 1.29 is 9.34 Å². The molecule has 7 heteroatoms. The highest BCUT2D eigenvalue weighted by molar-refractivity contribution is 5.68. The van der Waals surface area contributed by atoms with Crippen molar-refractivity contribution in [1.29, 1.82) is 0 Å². The third-order valence-corrected chi connectivity index (χ3v) is 1.78. The Morgan fingerprint density at radius 3 is 2.93 bits per heavy atom. The molecule has 2 N–H and O–H groups in total. The normalized spacial score (nSPS) is 10.1. The molecule has 0 unspecified atom stereocenters. The van der Waals surface area contributed by atoms with Crippen LogP contribution in [-0.4, -0.2) is 14.9 Å². The van der Waals surface area contributed by atoms with E-state index >= 15 is 0 Å². The molecular weight excluding hydrogens is 200 g/mol. The lowest BCUT2D eigenvalue weighted by Gasteiger charge is -1.98. The lowest BCUT2D eigenvalue weighted by molar-refractivity contribution is -0.384. The summed E-state index contributed by atoms with van der Waals surface area (Å²) in [6.07, 6.45) is 3.83. The Kier molecular flexibility index (Phi) is 2.05. The minimum absolute atomic E-state index is 0.0169. The van der Waals surface area contributed by atoms with Gasteiger partial charge in [-0.05, 0) is 6.07 Å². The molecule has 0 saturated heterocycles. The molecule has 0 radical (unpaired) electrons. The molecule has 0 spiro atoms. The average Bonchev–Trinajstić information content (AvgIpc) is 2.69. The maximum absolute atomic E-state index is 10.7. The molecule has 76 valence electrons. The van der Waals surface area contributed by atoms with E-state index in [1.54, 1.807) is 6.07 Å². The van der Waals surface area contributed by atoms with E-state index in [1.165, 1.54) is 12.5 Å². The number of anilines is 1. The molecule has 2 heterocycles. The first kappa shape index (κ1) is 9.13. The van der Waals surface area contributed by atoms with Crippen LogP contribution in [0.15, 0.2) is 29.2 Å². The number of nitrogen functional groups attached to an aromatic ring is 1. The van der Waals surface area contributed by atoms with Crippen molar-refractivity contribution in [2.24, 2.45) is 0 Å². The quantitative estimate of drug-likeness (QED) is 0.584. The number of hydrogen-bond donors (Lipinski definition) is 1. The first-order chi connectivity index (χ1) is 7.18. The number of nitrogens with two attached hydrogens (primary N) is 1. The third kappa shape index (κ3) is 1.62. The molecule has 0 atom stereocenters. The van der Waals surface area contributed by atoms with Gasteiger partial charge in [0.15, 0.2) is 5.69 Å². The Labute approximate surface area is 83.7 Å². The zero-order chi connectivity index (χ0) is 10.8. The molecule has 0 aliphatic heterocycles. The maximum atomic E-state index is 10.7. The SMILES string of the molecule is Nc1ncc([N+](=O)[O-])c(-c2ccoc2)n1. The van der Waals surface area contributed by atoms with E-state index in [0.29, 0.717) is 5.56 Å². The Balaban J connectivity index is 2.63. The van der Waals surface area contributed by atoms with Crippen LogP contribution in [0.2, 0.25) is 0 Å². The van der Waals surface area contributed by atoms with Crippen molar-refractivity contribution in [1.82, 2.24) is 9.97 Å². The molecule has 0 aromatic carbocycles. The fourth-order valence-corrected chi connectivity index (χ4v) is 1.13. The molecule has 15 heavy (non-hydrogen) atoms. The van der Waals surface area contributed by atoms with E-state index in [9.17, 15) is 10.1 Å². The number of nitro groups is 1. The number of rotatable bonds is 2. The lowest BCUT2D eigenvalue weighted by atomic mass is 10.2. The highest BCUT2D eigenvalue weighted by Gasteiger charge is 2.18. The summed E-state index contributed by atoms with van der Waals surface area (Å²) in [4.78, 5) is 17.5. The van der Waals surface area contributed by atoms with Gasteiger partial charge in [0.05, 0.1) is 17.4 Å². The molecule has 0 bridgehead atoms. The minimum Gasteiger partial charge on any atom is -0.472 e. The second-order valence-electron chi connectivity index (χ2n) is 2.73. The molecule has 2 aromatic heterocycles. The van der Waals surface area contributed by atoms with Crippen LogP contribution >= 0.6 is 0 Å². The van der Waals surface area contributed by atoms with Crippen molar-refractivity contribution in [2.75, 3.05) is 5.73 Å². The van der Waals surface area contributed by atoms with E-state index in [2.05, 4.69) is 9.97 Å². The van der Waals surface area contributed by atoms with Gasteiger partial charge < -0.3 is 10.2 Å². The van der Waals surface area contributed by atoms with Gasteiger partial charge in [0.25, 0.3) is 0 Å². The van der Waals surface area contributed by atoms with Crippen molar-refractivity contribution >= 4 is 11.6 Å². The van der Waals surface area contributed by atoms with Crippen LogP contribution in [0.3, 0.4) is 0 Å². The Morgan fingerprint density at radius 1 is 1.53 bits per heavy atom. The monoisotopic (exact) mass is 206 g/mol. The summed E-state index contributed by atoms with van der Waals surface area (Å²) in [6.45, 7) is 0. The summed E-state index contributed by atoms with van der Waals surface area (Å²) in [5.41, 5.74) is 5.81. The van der Waals surface area contributed by atoms with Crippen LogP contribution < -0.4 is 5.73 Å². The highest BCUT2D eigenvalue weighted by atomic mass is 16.6. The molecule has 0 aliphatic rings. The molecule has 2 rings (SSSR count). The van der Waals surface area contributed by atoms with Crippen molar-refractivity contribution in [3.05, 3.63) is 34.9 Å². The van der Waals surface area contributed by atoms with Gasteiger partial charge in [0.1, 0.15) is 6.20 Å². The number of hydrogen-bond acceptors (Lipinski definition) is 6. The lowest BCUT2D eigenvalue weighted by Crippen LogP contribution is -2.00. The van der Waals surface area contributed by atoms with Crippen LogP contribution in [0.5, 0.6) is 0 Å². The molecule has 7 nitrogen and oxygen atoms in total. The molecule has 0 fully saturated rings. The zero-order valence-electron chi connectivity index (χ0n) is 7.45. The fourth-order valence-electron chi connectivity index (χ4n) is 1.13. The summed E-state index contributed by atoms with van der Waals surface area (Å²) < 4.78 is 4.82. The van der Waals surface area contributed by atoms with Crippen molar-refractivity contribution in [3.63, 3.8) is 0 Å². The van der Waals surface area contributed by atoms with Crippen LogP contribution in [0.1, 0.15) is 0 Å². The van der Waals surface area contributed by atoms with Gasteiger partial charge in [-0.15, -0.1) is 0 Å². The van der Waals surface area contributed by atoms with E-state index in [-0.39, 0.29) is 17.3 Å². The van der Waals surface area contributed by atoms with Crippen molar-refractivity contribution in [2.45, 2.75) is 0 Å². The third-order valence-electron chi connectivity index (χ3n) is 1.78. The van der Waals surface area contributed by atoms with Gasteiger partial charge in [-0.1, -0.05) is 0 Å². The van der Waals surface area contributed by atoms with Crippen LogP contribution in [0.4, 0.5) is 11.6 Å². The number of furan rings is 1. The summed E-state index contributed by atoms with van der Waals surface area (Å²) in [7, 11) is 0. The van der Waals surface area contributed by atoms with E-state index in [1.807, 2.05) is 0 Å². The van der Waals surface area contributed by atoms with Gasteiger partial charge in [0.2, 0.25) is 5.95 Å². The standard InChI is InChI=1S/C8H6N4O3/c9-8-10-3-6(12(13)14)7(11-8)5-1-2-15-4-5/h1-4H,(H2,9,10,11). The zero-order valence-corrected chi connectivity index (χ0v) is 7.45. The predicted molar refractivity (Wildman–Crippen MR) is 50.8 cm³/mol. The van der Waals surface area contributed by atoms with E-state index < -0.39 is 4.92 Å². The predicted octanol–water partition coefficient (Wildman–Crippen LogP) is 1.23. The van der Waals surface area contributed by atoms with Crippen LogP contribution in [0, 0.1) is 10.1 Å². The molecule has 0 saturated carbocycles. The van der Waals surface area contributed by atoms with E-state index in [0.717, 1.165) is 6.20 Å². The summed E-state index contributed by atoms with van der Waals surface area (Å²) >= 11 is 0. The molecular formula is C8H6N4O3. The Bertz CT molecular complexity index is 495. The topological polar surface area (TPSA) is 108 Å². The largest absolute Gasteiger partial charge is 0.472 e. The van der Waals surface area contributed by atoms with Gasteiger partial charge in [-0.3, -0.25) is 10.1 Å².